The summed E-state index contributed by atoms with van der Waals surface area (Å²) >= 11 is 0. The van der Waals surface area contributed by atoms with Gasteiger partial charge in [-0.2, -0.15) is 5.10 Å². The Morgan fingerprint density at radius 1 is 1.42 bits per heavy atom. The van der Waals surface area contributed by atoms with Crippen LogP contribution in [0.4, 0.5) is 5.69 Å². The van der Waals surface area contributed by atoms with Crippen LogP contribution in [0.5, 0.6) is 5.75 Å². The molecule has 24 heavy (non-hydrogen) atoms. The maximum absolute atomic E-state index is 12.1. The molecule has 2 heterocycles. The van der Waals surface area contributed by atoms with Crippen LogP contribution in [0.1, 0.15) is 29.4 Å². The van der Waals surface area contributed by atoms with E-state index in [2.05, 4.69) is 27.3 Å². The molecular weight excluding hydrogens is 304 g/mol. The third-order valence-corrected chi connectivity index (χ3v) is 4.37. The summed E-state index contributed by atoms with van der Waals surface area (Å²) in [4.78, 5) is 14.6. The van der Waals surface area contributed by atoms with Gasteiger partial charge in [-0.15, -0.1) is 0 Å². The van der Waals surface area contributed by atoms with E-state index in [9.17, 15) is 4.79 Å². The van der Waals surface area contributed by atoms with Crippen LogP contribution in [0.3, 0.4) is 0 Å². The van der Waals surface area contributed by atoms with Gasteiger partial charge in [0.15, 0.2) is 0 Å². The van der Waals surface area contributed by atoms with Crippen LogP contribution >= 0.6 is 0 Å². The number of hydrogen-bond donors (Lipinski definition) is 2. The average Bonchev–Trinajstić information content (AvgIpc) is 3.17. The van der Waals surface area contributed by atoms with Crippen molar-refractivity contribution in [1.29, 1.82) is 0 Å². The van der Waals surface area contributed by atoms with Gasteiger partial charge in [0.2, 0.25) is 0 Å². The molecule has 3 rings (SSSR count). The van der Waals surface area contributed by atoms with Crippen LogP contribution in [0.2, 0.25) is 0 Å². The van der Waals surface area contributed by atoms with Crippen molar-refractivity contribution in [3.8, 4) is 5.75 Å². The molecule has 0 aliphatic carbocycles. The molecule has 6 heteroatoms. The van der Waals surface area contributed by atoms with Crippen molar-refractivity contribution in [3.63, 3.8) is 0 Å². The first-order valence-electron chi connectivity index (χ1n) is 8.38. The van der Waals surface area contributed by atoms with Crippen molar-refractivity contribution in [3.05, 3.63) is 41.7 Å². The van der Waals surface area contributed by atoms with E-state index in [4.69, 9.17) is 4.74 Å². The summed E-state index contributed by atoms with van der Waals surface area (Å²) in [7, 11) is 0. The first-order valence-corrected chi connectivity index (χ1v) is 8.38. The van der Waals surface area contributed by atoms with E-state index in [1.807, 2.05) is 31.2 Å². The maximum atomic E-state index is 12.1. The van der Waals surface area contributed by atoms with E-state index in [-0.39, 0.29) is 5.91 Å². The molecule has 1 atom stereocenters. The molecule has 1 amide bonds. The molecule has 1 aliphatic rings. The number of aryl methyl sites for hydroxylation is 1. The van der Waals surface area contributed by atoms with E-state index in [0.29, 0.717) is 12.2 Å². The molecule has 0 bridgehead atoms. The number of benzene rings is 1. The molecule has 0 spiro atoms. The Bertz CT molecular complexity index is 681. The average molecular weight is 328 g/mol. The van der Waals surface area contributed by atoms with Crippen molar-refractivity contribution in [2.45, 2.75) is 20.3 Å². The second kappa shape index (κ2) is 7.49. The first-order chi connectivity index (χ1) is 11.6. The standard InChI is InChI=1S/C18H24N4O2/c1-13-7-8-22(12-13)9-10-24-16-5-3-15(4-6-16)20-18(23)17-11-19-21-14(17)2/h3-6,11,13H,7-10,12H2,1-2H3,(H,19,21)(H,20,23). The summed E-state index contributed by atoms with van der Waals surface area (Å²) in [6.45, 7) is 8.10. The number of carbonyl (C=O) groups is 1. The van der Waals surface area contributed by atoms with E-state index in [0.717, 1.165) is 29.6 Å². The predicted molar refractivity (Wildman–Crippen MR) is 93.4 cm³/mol. The SMILES string of the molecule is Cc1[nH]ncc1C(=O)Nc1ccc(OCCN2CCC(C)C2)cc1. The van der Waals surface area contributed by atoms with Gasteiger partial charge in [-0.25, -0.2) is 0 Å². The predicted octanol–water partition coefficient (Wildman–Crippen LogP) is 2.69. The van der Waals surface area contributed by atoms with Gasteiger partial charge >= 0.3 is 0 Å². The number of likely N-dealkylation sites (tertiary alicyclic amines) is 1. The highest BCUT2D eigenvalue weighted by molar-refractivity contribution is 6.04. The van der Waals surface area contributed by atoms with Crippen LogP contribution in [-0.4, -0.2) is 47.2 Å². The molecule has 6 nitrogen and oxygen atoms in total. The summed E-state index contributed by atoms with van der Waals surface area (Å²) in [5.41, 5.74) is 2.04. The number of anilines is 1. The van der Waals surface area contributed by atoms with Gasteiger partial charge in [-0.05, 0) is 50.1 Å². The minimum absolute atomic E-state index is 0.168. The highest BCUT2D eigenvalue weighted by Gasteiger charge is 2.17. The number of nitrogens with one attached hydrogen (secondary N) is 2. The summed E-state index contributed by atoms with van der Waals surface area (Å²) in [6.07, 6.45) is 2.81. The fourth-order valence-electron chi connectivity index (χ4n) is 2.93. The summed E-state index contributed by atoms with van der Waals surface area (Å²) in [5.74, 6) is 1.45. The molecule has 2 N–H and O–H groups in total. The van der Waals surface area contributed by atoms with Gasteiger partial charge in [-0.3, -0.25) is 14.8 Å². The fourth-order valence-corrected chi connectivity index (χ4v) is 2.93. The van der Waals surface area contributed by atoms with Crippen molar-refractivity contribution >= 4 is 11.6 Å². The highest BCUT2D eigenvalue weighted by Crippen LogP contribution is 2.18. The van der Waals surface area contributed by atoms with Crippen LogP contribution in [0.25, 0.3) is 0 Å². The Labute approximate surface area is 142 Å². The molecule has 1 aromatic carbocycles. The van der Waals surface area contributed by atoms with Gasteiger partial charge in [0.25, 0.3) is 5.91 Å². The molecular formula is C18H24N4O2. The Kier molecular flexibility index (Phi) is 5.15. The van der Waals surface area contributed by atoms with Crippen LogP contribution < -0.4 is 10.1 Å². The lowest BCUT2D eigenvalue weighted by atomic mass is 10.2. The molecule has 1 unspecified atom stereocenters. The number of H-pyrrole nitrogens is 1. The largest absolute Gasteiger partial charge is 0.492 e. The minimum atomic E-state index is -0.168. The molecule has 0 radical (unpaired) electrons. The van der Waals surface area contributed by atoms with Gasteiger partial charge < -0.3 is 10.1 Å². The van der Waals surface area contributed by atoms with Gasteiger partial charge in [0.05, 0.1) is 11.8 Å². The molecule has 128 valence electrons. The molecule has 1 saturated heterocycles. The Morgan fingerprint density at radius 3 is 2.83 bits per heavy atom. The zero-order valence-electron chi connectivity index (χ0n) is 14.2. The van der Waals surface area contributed by atoms with E-state index >= 15 is 0 Å². The van der Waals surface area contributed by atoms with Crippen LogP contribution in [0, 0.1) is 12.8 Å². The number of rotatable bonds is 6. The van der Waals surface area contributed by atoms with Gasteiger partial charge in [0, 0.05) is 24.5 Å². The maximum Gasteiger partial charge on any atom is 0.259 e. The smallest absolute Gasteiger partial charge is 0.259 e. The molecule has 2 aromatic rings. The van der Waals surface area contributed by atoms with Gasteiger partial charge in [-0.1, -0.05) is 6.92 Å². The number of hydrogen-bond acceptors (Lipinski definition) is 4. The van der Waals surface area contributed by atoms with Crippen molar-refractivity contribution in [2.24, 2.45) is 5.92 Å². The second-order valence-corrected chi connectivity index (χ2v) is 6.43. The van der Waals surface area contributed by atoms with Crippen molar-refractivity contribution < 1.29 is 9.53 Å². The minimum Gasteiger partial charge on any atom is -0.492 e. The summed E-state index contributed by atoms with van der Waals surface area (Å²) in [6, 6.07) is 7.45. The zero-order valence-corrected chi connectivity index (χ0v) is 14.2. The van der Waals surface area contributed by atoms with Gasteiger partial charge in [0.1, 0.15) is 12.4 Å². The number of ether oxygens (including phenoxy) is 1. The Hall–Kier alpha value is -2.34. The topological polar surface area (TPSA) is 70.2 Å². The lowest BCUT2D eigenvalue weighted by molar-refractivity contribution is 0.102. The van der Waals surface area contributed by atoms with E-state index in [1.54, 1.807) is 0 Å². The number of nitrogens with zero attached hydrogens (tertiary/aromatic N) is 2. The van der Waals surface area contributed by atoms with E-state index in [1.165, 1.54) is 25.7 Å². The molecule has 1 aromatic heterocycles. The Balaban J connectivity index is 1.46. The lowest BCUT2D eigenvalue weighted by Crippen LogP contribution is -2.25. The first kappa shape index (κ1) is 16.5. The van der Waals surface area contributed by atoms with Crippen LogP contribution in [0.15, 0.2) is 30.5 Å². The summed E-state index contributed by atoms with van der Waals surface area (Å²) < 4.78 is 5.79. The monoisotopic (exact) mass is 328 g/mol. The highest BCUT2D eigenvalue weighted by atomic mass is 16.5. The van der Waals surface area contributed by atoms with Crippen LogP contribution in [-0.2, 0) is 0 Å². The lowest BCUT2D eigenvalue weighted by Gasteiger charge is -2.15. The third-order valence-electron chi connectivity index (χ3n) is 4.37. The number of aromatic nitrogens is 2. The second-order valence-electron chi connectivity index (χ2n) is 6.43. The van der Waals surface area contributed by atoms with Crippen molar-refractivity contribution in [2.75, 3.05) is 31.6 Å². The zero-order chi connectivity index (χ0) is 16.9. The molecule has 0 saturated carbocycles. The number of amides is 1. The number of aromatic amines is 1. The molecule has 1 fully saturated rings. The third kappa shape index (κ3) is 4.14. The normalized spacial score (nSPS) is 17.8. The number of carbonyl (C=O) groups excluding carboxylic acids is 1. The Morgan fingerprint density at radius 2 is 2.21 bits per heavy atom. The van der Waals surface area contributed by atoms with Crippen molar-refractivity contribution in [1.82, 2.24) is 15.1 Å². The molecule has 1 aliphatic heterocycles. The quantitative estimate of drug-likeness (QED) is 0.855. The summed E-state index contributed by atoms with van der Waals surface area (Å²) in [5, 5.41) is 9.47. The van der Waals surface area contributed by atoms with E-state index < -0.39 is 0 Å². The fraction of sp³-hybridized carbons (Fsp3) is 0.444.